The summed E-state index contributed by atoms with van der Waals surface area (Å²) in [4.78, 5) is 11.3. The first kappa shape index (κ1) is 9.83. The van der Waals surface area contributed by atoms with E-state index >= 15 is 0 Å². The van der Waals surface area contributed by atoms with E-state index in [-0.39, 0.29) is 18.0 Å². The molecular formula is C7H15N3OS. The van der Waals surface area contributed by atoms with Gasteiger partial charge in [-0.3, -0.25) is 10.1 Å². The van der Waals surface area contributed by atoms with Gasteiger partial charge in [-0.1, -0.05) is 0 Å². The van der Waals surface area contributed by atoms with Crippen molar-refractivity contribution < 1.29 is 4.79 Å². The molecule has 1 fully saturated rings. The summed E-state index contributed by atoms with van der Waals surface area (Å²) in [6.45, 7) is 2.43. The molecule has 0 aliphatic carbocycles. The summed E-state index contributed by atoms with van der Waals surface area (Å²) in [5.41, 5.74) is 5.50. The number of hydrogen-bond acceptors (Lipinski definition) is 4. The average molecular weight is 189 g/mol. The normalized spacial score (nSPS) is 25.3. The summed E-state index contributed by atoms with van der Waals surface area (Å²) in [6.07, 6.45) is 0. The molecule has 2 atom stereocenters. The predicted octanol–water partition coefficient (Wildman–Crippen LogP) is -0.888. The van der Waals surface area contributed by atoms with Gasteiger partial charge in [0.15, 0.2) is 0 Å². The smallest absolute Gasteiger partial charge is 0.238 e. The quantitative estimate of drug-likeness (QED) is 0.539. The molecule has 0 aromatic heterocycles. The van der Waals surface area contributed by atoms with Crippen LogP contribution < -0.4 is 16.4 Å². The van der Waals surface area contributed by atoms with E-state index in [0.29, 0.717) is 6.54 Å². The molecule has 0 bridgehead atoms. The van der Waals surface area contributed by atoms with Crippen molar-refractivity contribution in [2.45, 2.75) is 19.0 Å². The van der Waals surface area contributed by atoms with Gasteiger partial charge in [-0.25, -0.2) is 0 Å². The summed E-state index contributed by atoms with van der Waals surface area (Å²) >= 11 is 1.74. The fraction of sp³-hybridized carbons (Fsp3) is 0.857. The number of amides is 1. The molecule has 0 spiro atoms. The molecular weight excluding hydrogens is 174 g/mol. The van der Waals surface area contributed by atoms with Crippen LogP contribution in [0.3, 0.4) is 0 Å². The second kappa shape index (κ2) is 4.69. The van der Waals surface area contributed by atoms with Crippen molar-refractivity contribution in [2.24, 2.45) is 5.73 Å². The van der Waals surface area contributed by atoms with Crippen LogP contribution in [-0.2, 0) is 4.79 Å². The summed E-state index contributed by atoms with van der Waals surface area (Å²) < 4.78 is 0. The molecule has 1 aliphatic rings. The maximum atomic E-state index is 11.3. The van der Waals surface area contributed by atoms with Crippen LogP contribution in [0, 0.1) is 0 Å². The van der Waals surface area contributed by atoms with Gasteiger partial charge in [0.05, 0.1) is 6.04 Å². The molecule has 0 aromatic rings. The Morgan fingerprint density at radius 1 is 1.92 bits per heavy atom. The van der Waals surface area contributed by atoms with E-state index < -0.39 is 0 Å². The van der Waals surface area contributed by atoms with Crippen LogP contribution in [0.5, 0.6) is 0 Å². The van der Waals surface area contributed by atoms with Gasteiger partial charge in [0.1, 0.15) is 0 Å². The van der Waals surface area contributed by atoms with E-state index in [4.69, 9.17) is 5.73 Å². The van der Waals surface area contributed by atoms with Crippen LogP contribution in [0.25, 0.3) is 0 Å². The predicted molar refractivity (Wildman–Crippen MR) is 50.9 cm³/mol. The van der Waals surface area contributed by atoms with Crippen molar-refractivity contribution in [1.82, 2.24) is 10.6 Å². The molecule has 4 nitrogen and oxygen atoms in total. The zero-order valence-corrected chi connectivity index (χ0v) is 7.99. The third kappa shape index (κ3) is 3.00. The molecule has 1 heterocycles. The first-order chi connectivity index (χ1) is 5.70. The van der Waals surface area contributed by atoms with E-state index in [1.807, 2.05) is 6.92 Å². The van der Waals surface area contributed by atoms with Crippen molar-refractivity contribution in [3.63, 3.8) is 0 Å². The van der Waals surface area contributed by atoms with E-state index in [2.05, 4.69) is 10.6 Å². The van der Waals surface area contributed by atoms with Crippen LogP contribution in [0.1, 0.15) is 6.92 Å². The zero-order valence-electron chi connectivity index (χ0n) is 7.17. The van der Waals surface area contributed by atoms with Crippen LogP contribution in [-0.4, -0.2) is 36.2 Å². The molecule has 1 rings (SSSR count). The number of nitrogens with two attached hydrogens (primary N) is 1. The second-order valence-electron chi connectivity index (χ2n) is 2.99. The lowest BCUT2D eigenvalue weighted by atomic mass is 10.3. The lowest BCUT2D eigenvalue weighted by molar-refractivity contribution is -0.122. The molecule has 1 aliphatic heterocycles. The Morgan fingerprint density at radius 2 is 2.67 bits per heavy atom. The highest BCUT2D eigenvalue weighted by atomic mass is 32.2. The Labute approximate surface area is 76.6 Å². The van der Waals surface area contributed by atoms with Gasteiger partial charge in [0.25, 0.3) is 0 Å². The number of nitrogens with one attached hydrogen (secondary N) is 2. The zero-order chi connectivity index (χ0) is 8.97. The van der Waals surface area contributed by atoms with Gasteiger partial charge < -0.3 is 11.1 Å². The minimum absolute atomic E-state index is 0.0197. The topological polar surface area (TPSA) is 67.1 Å². The molecule has 1 amide bonds. The Morgan fingerprint density at radius 3 is 3.17 bits per heavy atom. The Hall–Kier alpha value is -0.260. The SMILES string of the molecule is CC(N)CNC(=O)[C@H]1CSCN1. The van der Waals surface area contributed by atoms with Crippen molar-refractivity contribution in [2.75, 3.05) is 18.2 Å². The summed E-state index contributed by atoms with van der Waals surface area (Å²) in [5.74, 6) is 1.80. The van der Waals surface area contributed by atoms with Crippen molar-refractivity contribution in [3.8, 4) is 0 Å². The van der Waals surface area contributed by atoms with Gasteiger partial charge in [-0.05, 0) is 6.92 Å². The third-order valence-electron chi connectivity index (χ3n) is 1.63. The summed E-state index contributed by atoms with van der Waals surface area (Å²) in [5, 5.41) is 5.87. The Balaban J connectivity index is 2.18. The number of thioether (sulfide) groups is 1. The number of carbonyl (C=O) groups excluding carboxylic acids is 1. The van der Waals surface area contributed by atoms with E-state index in [1.165, 1.54) is 0 Å². The number of rotatable bonds is 3. The Kier molecular flexibility index (Phi) is 3.84. The highest BCUT2D eigenvalue weighted by Crippen LogP contribution is 2.08. The first-order valence-corrected chi connectivity index (χ1v) is 5.20. The largest absolute Gasteiger partial charge is 0.353 e. The third-order valence-corrected chi connectivity index (χ3v) is 2.57. The minimum atomic E-state index is -0.0197. The minimum Gasteiger partial charge on any atom is -0.353 e. The highest BCUT2D eigenvalue weighted by molar-refractivity contribution is 7.99. The number of carbonyl (C=O) groups is 1. The molecule has 5 heteroatoms. The Bertz CT molecular complexity index is 157. The van der Waals surface area contributed by atoms with Crippen LogP contribution in [0.2, 0.25) is 0 Å². The van der Waals surface area contributed by atoms with Crippen LogP contribution in [0.15, 0.2) is 0 Å². The molecule has 0 saturated carbocycles. The van der Waals surface area contributed by atoms with E-state index in [9.17, 15) is 4.79 Å². The fourth-order valence-corrected chi connectivity index (χ4v) is 1.89. The van der Waals surface area contributed by atoms with Crippen LogP contribution >= 0.6 is 11.8 Å². The van der Waals surface area contributed by atoms with Gasteiger partial charge in [-0.2, -0.15) is 0 Å². The van der Waals surface area contributed by atoms with E-state index in [0.717, 1.165) is 11.6 Å². The summed E-state index contributed by atoms with van der Waals surface area (Å²) in [6, 6.07) is 0.0109. The molecule has 1 saturated heterocycles. The molecule has 4 N–H and O–H groups in total. The maximum Gasteiger partial charge on any atom is 0.238 e. The molecule has 0 aromatic carbocycles. The van der Waals surface area contributed by atoms with Crippen molar-refractivity contribution in [3.05, 3.63) is 0 Å². The maximum absolute atomic E-state index is 11.3. The van der Waals surface area contributed by atoms with Gasteiger partial charge in [-0.15, -0.1) is 11.8 Å². The van der Waals surface area contributed by atoms with Gasteiger partial charge in [0.2, 0.25) is 5.91 Å². The molecule has 12 heavy (non-hydrogen) atoms. The molecule has 0 radical (unpaired) electrons. The highest BCUT2D eigenvalue weighted by Gasteiger charge is 2.21. The lowest BCUT2D eigenvalue weighted by Crippen LogP contribution is -2.45. The fourth-order valence-electron chi connectivity index (χ4n) is 0.948. The molecule has 70 valence electrons. The van der Waals surface area contributed by atoms with Crippen molar-refractivity contribution in [1.29, 1.82) is 0 Å². The van der Waals surface area contributed by atoms with E-state index in [1.54, 1.807) is 11.8 Å². The first-order valence-electron chi connectivity index (χ1n) is 4.04. The monoisotopic (exact) mass is 189 g/mol. The van der Waals surface area contributed by atoms with Gasteiger partial charge >= 0.3 is 0 Å². The lowest BCUT2D eigenvalue weighted by Gasteiger charge is -2.11. The summed E-state index contributed by atoms with van der Waals surface area (Å²) in [7, 11) is 0. The van der Waals surface area contributed by atoms with Gasteiger partial charge in [0, 0.05) is 24.2 Å². The average Bonchev–Trinajstić information content (AvgIpc) is 2.51. The second-order valence-corrected chi connectivity index (χ2v) is 4.02. The van der Waals surface area contributed by atoms with Crippen LogP contribution in [0.4, 0.5) is 0 Å². The van der Waals surface area contributed by atoms with Crippen molar-refractivity contribution >= 4 is 17.7 Å². The molecule has 1 unspecified atom stereocenters. The standard InChI is InChI=1S/C7H15N3OS/c1-5(8)2-9-7(11)6-3-12-4-10-6/h5-6,10H,2-4,8H2,1H3,(H,9,11)/t5?,6-/m1/s1. The number of hydrogen-bond donors (Lipinski definition) is 3.